The average molecular weight is 608 g/mol. The highest BCUT2D eigenvalue weighted by Gasteiger charge is 2.38. The number of anilines is 1. The highest BCUT2D eigenvalue weighted by molar-refractivity contribution is 8.26. The monoisotopic (exact) mass is 607 g/mol. The second-order valence-electron chi connectivity index (χ2n) is 12.0. The van der Waals surface area contributed by atoms with Crippen molar-refractivity contribution in [2.45, 2.75) is 78.0 Å². The average Bonchev–Trinajstić information content (AvgIpc) is 3.12. The molecule has 2 saturated heterocycles. The molecule has 2 aliphatic heterocycles. The molecule has 1 aromatic carbocycles. The van der Waals surface area contributed by atoms with Gasteiger partial charge in [-0.2, -0.15) is 0 Å². The summed E-state index contributed by atoms with van der Waals surface area (Å²) < 4.78 is 2.03. The number of hydrogen-bond donors (Lipinski definition) is 3. The third kappa shape index (κ3) is 7.64. The van der Waals surface area contributed by atoms with Gasteiger partial charge in [0.25, 0.3) is 17.4 Å². The van der Waals surface area contributed by atoms with Crippen molar-refractivity contribution in [1.82, 2.24) is 19.6 Å². The first-order chi connectivity index (χ1) is 19.6. The Morgan fingerprint density at radius 3 is 2.38 bits per heavy atom. The summed E-state index contributed by atoms with van der Waals surface area (Å²) in [5.41, 5.74) is 2.48. The topological polar surface area (TPSA) is 116 Å². The van der Waals surface area contributed by atoms with E-state index in [1.165, 1.54) is 11.8 Å². The van der Waals surface area contributed by atoms with Crippen LogP contribution >= 0.6 is 24.0 Å². The molecule has 0 unspecified atom stereocenters. The predicted molar refractivity (Wildman–Crippen MR) is 173 cm³/mol. The first-order valence-electron chi connectivity index (χ1n) is 13.7. The fraction of sp³-hybridized carbons (Fsp3) is 0.387. The minimum atomic E-state index is -0.833. The van der Waals surface area contributed by atoms with Gasteiger partial charge in [0.2, 0.25) is 0 Å². The fourth-order valence-corrected chi connectivity index (χ4v) is 6.89. The van der Waals surface area contributed by atoms with E-state index < -0.39 is 5.97 Å². The lowest BCUT2D eigenvalue weighted by Gasteiger charge is -2.46. The summed E-state index contributed by atoms with van der Waals surface area (Å²) in [6, 6.07) is 13.6. The molecule has 1 amide bonds. The largest absolute Gasteiger partial charge is 0.481 e. The van der Waals surface area contributed by atoms with Gasteiger partial charge in [-0.05, 0) is 70.7 Å². The third-order valence-corrected chi connectivity index (χ3v) is 8.25. The lowest BCUT2D eigenvalue weighted by molar-refractivity contribution is -0.134. The number of piperidine rings is 1. The van der Waals surface area contributed by atoms with Crippen molar-refractivity contribution in [1.29, 1.82) is 0 Å². The standard InChI is InChI=1S/C29H33N5O2S2.C2H4O2/c1-18-11-12-23-31-24(30-20-14-28(2,3)32-29(4,5)15-20)21(25(35)33(23)16-18)13-22-26(36)34(27(37)38-22)17-19-9-7-6-8-10-19;1-2(3)4/h6-13,16,20,30,32H,14-15,17H2,1-5H3;1H3,(H,3,4). The first-order valence-corrected chi connectivity index (χ1v) is 14.9. The molecular weight excluding hydrogens is 571 g/mol. The lowest BCUT2D eigenvalue weighted by atomic mass is 9.79. The number of nitrogens with one attached hydrogen (secondary N) is 2. The van der Waals surface area contributed by atoms with E-state index >= 15 is 0 Å². The number of fused-ring (bicyclic) bond motifs is 1. The van der Waals surface area contributed by atoms with E-state index in [2.05, 4.69) is 38.3 Å². The minimum absolute atomic E-state index is 0.0809. The summed E-state index contributed by atoms with van der Waals surface area (Å²) in [4.78, 5) is 43.1. The number of amides is 1. The molecule has 0 aliphatic carbocycles. The molecule has 11 heteroatoms. The van der Waals surface area contributed by atoms with Crippen molar-refractivity contribution in [2.75, 3.05) is 5.32 Å². The van der Waals surface area contributed by atoms with Crippen LogP contribution in [0, 0.1) is 6.92 Å². The van der Waals surface area contributed by atoms with Crippen LogP contribution in [0.5, 0.6) is 0 Å². The molecule has 0 bridgehead atoms. The van der Waals surface area contributed by atoms with E-state index in [1.807, 2.05) is 49.4 Å². The summed E-state index contributed by atoms with van der Waals surface area (Å²) in [5, 5.41) is 14.7. The molecule has 0 saturated carbocycles. The first kappa shape index (κ1) is 31.4. The summed E-state index contributed by atoms with van der Waals surface area (Å²) in [7, 11) is 0. The van der Waals surface area contributed by atoms with Crippen LogP contribution in [0.1, 0.15) is 64.2 Å². The molecule has 3 aromatic rings. The normalized spacial score (nSPS) is 19.1. The van der Waals surface area contributed by atoms with Gasteiger partial charge in [0.05, 0.1) is 17.0 Å². The molecule has 5 rings (SSSR count). The van der Waals surface area contributed by atoms with Gasteiger partial charge < -0.3 is 15.7 Å². The number of pyridine rings is 1. The minimum Gasteiger partial charge on any atom is -0.481 e. The maximum atomic E-state index is 13.8. The van der Waals surface area contributed by atoms with Gasteiger partial charge in [0.1, 0.15) is 15.8 Å². The van der Waals surface area contributed by atoms with Gasteiger partial charge in [-0.15, -0.1) is 0 Å². The Hall–Kier alpha value is -3.54. The van der Waals surface area contributed by atoms with E-state index in [9.17, 15) is 9.59 Å². The van der Waals surface area contributed by atoms with Crippen LogP contribution in [0.4, 0.5) is 5.82 Å². The molecule has 0 radical (unpaired) electrons. The Kier molecular flexibility index (Phi) is 9.24. The number of aryl methyl sites for hydroxylation is 1. The number of hydrogen-bond acceptors (Lipinski definition) is 8. The number of thioether (sulfide) groups is 1. The van der Waals surface area contributed by atoms with Gasteiger partial charge in [-0.3, -0.25) is 23.7 Å². The van der Waals surface area contributed by atoms with Gasteiger partial charge in [0.15, 0.2) is 0 Å². The molecule has 4 heterocycles. The van der Waals surface area contributed by atoms with Crippen LogP contribution in [-0.4, -0.2) is 52.7 Å². The SMILES string of the molecule is CC(=O)O.Cc1ccc2nc(NC3CC(C)(C)NC(C)(C)C3)c(C=C3SC(=S)N(Cc4ccccc4)C3=O)c(=O)n2c1. The molecular formula is C31H37N5O4S2. The predicted octanol–water partition coefficient (Wildman–Crippen LogP) is 5.22. The number of carbonyl (C=O) groups is 2. The molecule has 2 fully saturated rings. The van der Waals surface area contributed by atoms with Crippen molar-refractivity contribution >= 4 is 57.7 Å². The lowest BCUT2D eigenvalue weighted by Crippen LogP contribution is -2.60. The number of nitrogens with zero attached hydrogens (tertiary/aromatic N) is 3. The number of carboxylic acid groups (broad SMARTS) is 1. The molecule has 2 aliphatic rings. The zero-order chi connectivity index (χ0) is 30.8. The fourth-order valence-electron chi connectivity index (χ4n) is 5.65. The molecule has 0 spiro atoms. The number of thiocarbonyl (C=S) groups is 1. The summed E-state index contributed by atoms with van der Waals surface area (Å²) in [6.07, 6.45) is 5.17. The van der Waals surface area contributed by atoms with E-state index in [4.69, 9.17) is 27.1 Å². The highest BCUT2D eigenvalue weighted by atomic mass is 32.2. The van der Waals surface area contributed by atoms with Crippen LogP contribution < -0.4 is 16.2 Å². The van der Waals surface area contributed by atoms with Crippen LogP contribution in [0.2, 0.25) is 0 Å². The quantitative estimate of drug-likeness (QED) is 0.265. The van der Waals surface area contributed by atoms with Crippen molar-refractivity contribution < 1.29 is 14.7 Å². The smallest absolute Gasteiger partial charge is 0.300 e. The van der Waals surface area contributed by atoms with Crippen LogP contribution in [-0.2, 0) is 16.1 Å². The maximum Gasteiger partial charge on any atom is 0.300 e. The Morgan fingerprint density at radius 1 is 1.14 bits per heavy atom. The number of carboxylic acids is 1. The van der Waals surface area contributed by atoms with Crippen molar-refractivity contribution in [3.8, 4) is 0 Å². The molecule has 9 nitrogen and oxygen atoms in total. The van der Waals surface area contributed by atoms with Gasteiger partial charge in [0, 0.05) is 30.2 Å². The summed E-state index contributed by atoms with van der Waals surface area (Å²) >= 11 is 6.78. The Labute approximate surface area is 255 Å². The molecule has 42 heavy (non-hydrogen) atoms. The zero-order valence-electron chi connectivity index (χ0n) is 24.7. The zero-order valence-corrected chi connectivity index (χ0v) is 26.4. The summed E-state index contributed by atoms with van der Waals surface area (Å²) in [5.74, 6) is -0.543. The number of rotatable bonds is 5. The van der Waals surface area contributed by atoms with E-state index in [0.29, 0.717) is 32.8 Å². The summed E-state index contributed by atoms with van der Waals surface area (Å²) in [6.45, 7) is 12.2. The van der Waals surface area contributed by atoms with E-state index in [-0.39, 0.29) is 28.6 Å². The second-order valence-corrected chi connectivity index (χ2v) is 13.7. The van der Waals surface area contributed by atoms with Crippen molar-refractivity contribution in [3.63, 3.8) is 0 Å². The van der Waals surface area contributed by atoms with Crippen molar-refractivity contribution in [3.05, 3.63) is 80.6 Å². The number of benzene rings is 1. The van der Waals surface area contributed by atoms with E-state index in [0.717, 1.165) is 30.9 Å². The Bertz CT molecular complexity index is 1590. The van der Waals surface area contributed by atoms with Crippen LogP contribution in [0.25, 0.3) is 11.7 Å². The van der Waals surface area contributed by atoms with Gasteiger partial charge >= 0.3 is 0 Å². The second kappa shape index (κ2) is 12.4. The Morgan fingerprint density at radius 2 is 1.76 bits per heavy atom. The number of carbonyl (C=O) groups excluding carboxylic acids is 1. The molecule has 2 aromatic heterocycles. The Balaban J connectivity index is 0.000000952. The molecule has 222 valence electrons. The molecule has 0 atom stereocenters. The van der Waals surface area contributed by atoms with Crippen molar-refractivity contribution in [2.24, 2.45) is 0 Å². The van der Waals surface area contributed by atoms with Crippen LogP contribution in [0.15, 0.2) is 58.4 Å². The van der Waals surface area contributed by atoms with Crippen LogP contribution in [0.3, 0.4) is 0 Å². The highest BCUT2D eigenvalue weighted by Crippen LogP contribution is 2.35. The van der Waals surface area contributed by atoms with Gasteiger partial charge in [-0.25, -0.2) is 4.98 Å². The van der Waals surface area contributed by atoms with E-state index in [1.54, 1.807) is 21.6 Å². The molecule has 3 N–H and O–H groups in total. The third-order valence-electron chi connectivity index (χ3n) is 6.87. The maximum absolute atomic E-state index is 13.8. The number of aliphatic carboxylic acids is 1. The van der Waals surface area contributed by atoms with Gasteiger partial charge in [-0.1, -0.05) is 60.4 Å². The number of aromatic nitrogens is 2.